The number of hydrogen-bond acceptors (Lipinski definition) is 4. The van der Waals surface area contributed by atoms with Gasteiger partial charge in [-0.15, -0.1) is 17.5 Å². The molecular weight excluding hydrogens is 406 g/mol. The summed E-state index contributed by atoms with van der Waals surface area (Å²) in [5.41, 5.74) is 0.902. The van der Waals surface area contributed by atoms with Crippen LogP contribution in [-0.4, -0.2) is 34.0 Å². The molecule has 0 atom stereocenters. The predicted octanol–water partition coefficient (Wildman–Crippen LogP) is 3.05. The van der Waals surface area contributed by atoms with Crippen molar-refractivity contribution >= 4 is 34.2 Å². The number of nitrogens with one attached hydrogen (secondary N) is 2. The Bertz CT molecular complexity index is 710. The highest BCUT2D eigenvalue weighted by Crippen LogP contribution is 2.23. The van der Waals surface area contributed by atoms with E-state index in [9.17, 15) is 4.79 Å². The van der Waals surface area contributed by atoms with Gasteiger partial charge in [-0.3, -0.25) is 4.79 Å². The third-order valence-electron chi connectivity index (χ3n) is 4.42. The zero-order chi connectivity index (χ0) is 17.2. The van der Waals surface area contributed by atoms with Crippen LogP contribution < -0.4 is 10.6 Å². The molecule has 1 aliphatic rings. The lowest BCUT2D eigenvalue weighted by Crippen LogP contribution is -2.41. The highest BCUT2D eigenvalue weighted by Gasteiger charge is 2.25. The third kappa shape index (κ3) is 4.80. The SMILES string of the molecule is CC(C)(NC(=O)c1cn(C2CCNCC2)nn1)c1ccc(Br)cc1.Cl. The zero-order valence-electron chi connectivity index (χ0n) is 14.3. The number of aromatic nitrogens is 3. The number of piperidine rings is 1. The van der Waals surface area contributed by atoms with Crippen molar-refractivity contribution in [3.63, 3.8) is 0 Å². The molecule has 136 valence electrons. The smallest absolute Gasteiger partial charge is 0.274 e. The first-order valence-electron chi connectivity index (χ1n) is 8.17. The monoisotopic (exact) mass is 427 g/mol. The van der Waals surface area contributed by atoms with E-state index in [4.69, 9.17) is 0 Å². The van der Waals surface area contributed by atoms with Crippen LogP contribution in [-0.2, 0) is 5.54 Å². The number of amides is 1. The fourth-order valence-electron chi connectivity index (χ4n) is 2.92. The summed E-state index contributed by atoms with van der Waals surface area (Å²) in [5, 5.41) is 14.6. The minimum absolute atomic E-state index is 0. The molecule has 1 aromatic heterocycles. The number of hydrogen-bond donors (Lipinski definition) is 2. The van der Waals surface area contributed by atoms with Gasteiger partial charge in [0.05, 0.1) is 17.8 Å². The van der Waals surface area contributed by atoms with Crippen LogP contribution >= 0.6 is 28.3 Å². The first kappa shape index (κ1) is 19.9. The lowest BCUT2D eigenvalue weighted by molar-refractivity contribution is 0.0906. The van der Waals surface area contributed by atoms with E-state index in [0.717, 1.165) is 36.0 Å². The summed E-state index contributed by atoms with van der Waals surface area (Å²) in [5.74, 6) is -0.205. The second-order valence-electron chi connectivity index (χ2n) is 6.65. The molecule has 1 aliphatic heterocycles. The molecule has 25 heavy (non-hydrogen) atoms. The van der Waals surface area contributed by atoms with Crippen LogP contribution in [0.2, 0.25) is 0 Å². The van der Waals surface area contributed by atoms with Crippen LogP contribution in [0.3, 0.4) is 0 Å². The zero-order valence-corrected chi connectivity index (χ0v) is 16.7. The lowest BCUT2D eigenvalue weighted by atomic mass is 9.94. The van der Waals surface area contributed by atoms with Gasteiger partial charge in [0, 0.05) is 4.47 Å². The summed E-state index contributed by atoms with van der Waals surface area (Å²) in [6, 6.07) is 8.25. The summed E-state index contributed by atoms with van der Waals surface area (Å²) >= 11 is 3.43. The molecule has 0 bridgehead atoms. The molecule has 1 fully saturated rings. The van der Waals surface area contributed by atoms with Crippen molar-refractivity contribution in [2.24, 2.45) is 0 Å². The van der Waals surface area contributed by atoms with E-state index in [0.29, 0.717) is 11.7 Å². The van der Waals surface area contributed by atoms with E-state index in [1.54, 1.807) is 6.20 Å². The second kappa shape index (κ2) is 8.29. The molecule has 0 saturated carbocycles. The highest BCUT2D eigenvalue weighted by molar-refractivity contribution is 9.10. The van der Waals surface area contributed by atoms with Crippen LogP contribution in [0, 0.1) is 0 Å². The van der Waals surface area contributed by atoms with Crippen molar-refractivity contribution in [1.82, 2.24) is 25.6 Å². The van der Waals surface area contributed by atoms with Crippen molar-refractivity contribution in [2.45, 2.75) is 38.3 Å². The number of halogens is 2. The predicted molar refractivity (Wildman–Crippen MR) is 103 cm³/mol. The Kier molecular flexibility index (Phi) is 6.59. The van der Waals surface area contributed by atoms with Crippen LogP contribution in [0.25, 0.3) is 0 Å². The molecule has 1 saturated heterocycles. The average molecular weight is 429 g/mol. The molecule has 1 aromatic carbocycles. The van der Waals surface area contributed by atoms with E-state index < -0.39 is 5.54 Å². The van der Waals surface area contributed by atoms with Gasteiger partial charge in [-0.1, -0.05) is 33.3 Å². The van der Waals surface area contributed by atoms with Gasteiger partial charge in [0.2, 0.25) is 0 Å². The molecule has 0 unspecified atom stereocenters. The van der Waals surface area contributed by atoms with Crippen molar-refractivity contribution < 1.29 is 4.79 Å². The Morgan fingerprint density at radius 2 is 1.92 bits per heavy atom. The molecule has 2 aromatic rings. The standard InChI is InChI=1S/C17H22BrN5O.ClH/c1-17(2,12-3-5-13(18)6-4-12)20-16(24)15-11-23(22-21-15)14-7-9-19-10-8-14;/h3-6,11,14,19H,7-10H2,1-2H3,(H,20,24);1H. The Balaban J connectivity index is 0.00000225. The Morgan fingerprint density at radius 1 is 1.28 bits per heavy atom. The number of carbonyl (C=O) groups excluding carboxylic acids is 1. The molecule has 0 aliphatic carbocycles. The van der Waals surface area contributed by atoms with E-state index >= 15 is 0 Å². The largest absolute Gasteiger partial charge is 0.342 e. The van der Waals surface area contributed by atoms with Crippen LogP contribution in [0.1, 0.15) is 48.8 Å². The van der Waals surface area contributed by atoms with Gasteiger partial charge in [-0.2, -0.15) is 0 Å². The van der Waals surface area contributed by atoms with E-state index in [1.807, 2.05) is 42.8 Å². The summed E-state index contributed by atoms with van der Waals surface area (Å²) in [6.45, 7) is 5.90. The van der Waals surface area contributed by atoms with E-state index in [2.05, 4.69) is 36.9 Å². The van der Waals surface area contributed by atoms with Gasteiger partial charge in [0.1, 0.15) is 0 Å². The van der Waals surface area contributed by atoms with Gasteiger partial charge in [-0.25, -0.2) is 4.68 Å². The molecule has 0 spiro atoms. The molecule has 2 N–H and O–H groups in total. The summed E-state index contributed by atoms with van der Waals surface area (Å²) < 4.78 is 2.83. The van der Waals surface area contributed by atoms with Crippen molar-refractivity contribution in [2.75, 3.05) is 13.1 Å². The maximum atomic E-state index is 12.5. The summed E-state index contributed by atoms with van der Waals surface area (Å²) in [6.07, 6.45) is 3.77. The van der Waals surface area contributed by atoms with Crippen LogP contribution in [0.5, 0.6) is 0 Å². The fraction of sp³-hybridized carbons (Fsp3) is 0.471. The van der Waals surface area contributed by atoms with Crippen LogP contribution in [0.4, 0.5) is 0 Å². The normalized spacial score (nSPS) is 15.5. The minimum Gasteiger partial charge on any atom is -0.342 e. The molecule has 2 heterocycles. The van der Waals surface area contributed by atoms with E-state index in [1.165, 1.54) is 0 Å². The number of benzene rings is 1. The highest BCUT2D eigenvalue weighted by atomic mass is 79.9. The average Bonchev–Trinajstić information content (AvgIpc) is 3.06. The first-order valence-corrected chi connectivity index (χ1v) is 8.96. The second-order valence-corrected chi connectivity index (χ2v) is 7.57. The maximum Gasteiger partial charge on any atom is 0.274 e. The summed E-state index contributed by atoms with van der Waals surface area (Å²) in [7, 11) is 0. The molecular formula is C17H23BrClN5O. The van der Waals surface area contributed by atoms with Crippen molar-refractivity contribution in [3.05, 3.63) is 46.2 Å². The number of rotatable bonds is 4. The molecule has 0 radical (unpaired) electrons. The van der Waals surface area contributed by atoms with E-state index in [-0.39, 0.29) is 18.3 Å². The molecule has 1 amide bonds. The fourth-order valence-corrected chi connectivity index (χ4v) is 3.18. The lowest BCUT2D eigenvalue weighted by Gasteiger charge is -2.26. The maximum absolute atomic E-state index is 12.5. The molecule has 6 nitrogen and oxygen atoms in total. The van der Waals surface area contributed by atoms with Crippen molar-refractivity contribution in [1.29, 1.82) is 0 Å². The molecule has 3 rings (SSSR count). The third-order valence-corrected chi connectivity index (χ3v) is 4.95. The topological polar surface area (TPSA) is 71.8 Å². The van der Waals surface area contributed by atoms with Gasteiger partial charge in [-0.05, 0) is 57.5 Å². The first-order chi connectivity index (χ1) is 11.5. The number of carbonyl (C=O) groups is 1. The Labute approximate surface area is 162 Å². The van der Waals surface area contributed by atoms with Gasteiger partial charge < -0.3 is 10.6 Å². The van der Waals surface area contributed by atoms with Gasteiger partial charge in [0.25, 0.3) is 5.91 Å². The van der Waals surface area contributed by atoms with Crippen LogP contribution in [0.15, 0.2) is 34.9 Å². The van der Waals surface area contributed by atoms with Gasteiger partial charge in [0.15, 0.2) is 5.69 Å². The number of nitrogens with zero attached hydrogens (tertiary/aromatic N) is 3. The Morgan fingerprint density at radius 3 is 2.56 bits per heavy atom. The minimum atomic E-state index is -0.490. The van der Waals surface area contributed by atoms with Crippen molar-refractivity contribution in [3.8, 4) is 0 Å². The quantitative estimate of drug-likeness (QED) is 0.785. The van der Waals surface area contributed by atoms with Gasteiger partial charge >= 0.3 is 0 Å². The Hall–Kier alpha value is -1.44. The molecule has 8 heteroatoms. The summed E-state index contributed by atoms with van der Waals surface area (Å²) in [4.78, 5) is 12.5.